The molecule has 0 saturated heterocycles. The first-order chi connectivity index (χ1) is 23.1. The molecule has 0 fully saturated rings. The summed E-state index contributed by atoms with van der Waals surface area (Å²) >= 11 is 0. The van der Waals surface area contributed by atoms with E-state index in [-0.39, 0.29) is 49.1 Å². The van der Waals surface area contributed by atoms with Crippen LogP contribution < -0.4 is 5.11 Å². The molecule has 0 aromatic heterocycles. The number of rotatable bonds is 32. The molecule has 0 amide bonds. The van der Waals surface area contributed by atoms with Crippen molar-refractivity contribution in [2.24, 2.45) is 0 Å². The third kappa shape index (κ3) is 29.4. The molecule has 0 bridgehead atoms. The van der Waals surface area contributed by atoms with Crippen LogP contribution in [0.25, 0.3) is 0 Å². The van der Waals surface area contributed by atoms with E-state index in [0.717, 1.165) is 51.4 Å². The molecule has 0 aromatic rings. The molecule has 0 spiro atoms. The Morgan fingerprint density at radius 3 is 1.83 bits per heavy atom. The monoisotopic (exact) mass is 676 g/mol. The van der Waals surface area contributed by atoms with Gasteiger partial charge in [-0.05, 0) is 51.4 Å². The number of quaternary nitrogens is 1. The lowest BCUT2D eigenvalue weighted by Crippen LogP contribution is -2.55. The van der Waals surface area contributed by atoms with E-state index in [0.29, 0.717) is 12.8 Å². The molecule has 0 radical (unpaired) electrons. The zero-order chi connectivity index (χ0) is 35.7. The summed E-state index contributed by atoms with van der Waals surface area (Å²) in [4.78, 5) is 36.5. The Hall–Kier alpha value is -2.71. The van der Waals surface area contributed by atoms with Crippen LogP contribution in [0.15, 0.2) is 48.6 Å². The highest BCUT2D eigenvalue weighted by atomic mass is 16.6. The summed E-state index contributed by atoms with van der Waals surface area (Å²) in [6.07, 6.45) is 34.3. The summed E-state index contributed by atoms with van der Waals surface area (Å²) in [5, 5.41) is 11.6. The fourth-order valence-corrected chi connectivity index (χ4v) is 5.07. The Morgan fingerprint density at radius 2 is 1.21 bits per heavy atom. The molecule has 0 saturated carbocycles. The van der Waals surface area contributed by atoms with Crippen molar-refractivity contribution in [1.29, 1.82) is 0 Å². The lowest BCUT2D eigenvalue weighted by atomic mass is 10.1. The number of unbranched alkanes of at least 4 members (excludes halogenated alkanes) is 12. The van der Waals surface area contributed by atoms with Gasteiger partial charge in [-0.2, -0.15) is 0 Å². The van der Waals surface area contributed by atoms with Gasteiger partial charge >= 0.3 is 11.9 Å². The molecular weight excluding hydrogens is 606 g/mol. The van der Waals surface area contributed by atoms with E-state index in [1.165, 1.54) is 44.9 Å². The van der Waals surface area contributed by atoms with E-state index in [1.807, 2.05) is 0 Å². The average molecular weight is 676 g/mol. The van der Waals surface area contributed by atoms with Crippen LogP contribution >= 0.6 is 0 Å². The van der Waals surface area contributed by atoms with E-state index < -0.39 is 18.1 Å². The quantitative estimate of drug-likeness (QED) is 0.0234. The molecule has 2 unspecified atom stereocenters. The van der Waals surface area contributed by atoms with Gasteiger partial charge in [-0.1, -0.05) is 114 Å². The van der Waals surface area contributed by atoms with Crippen molar-refractivity contribution in [3.8, 4) is 0 Å². The summed E-state index contributed by atoms with van der Waals surface area (Å²) < 4.78 is 17.0. The molecule has 8 heteroatoms. The van der Waals surface area contributed by atoms with Gasteiger partial charge in [-0.15, -0.1) is 0 Å². The maximum absolute atomic E-state index is 12.6. The first-order valence-corrected chi connectivity index (χ1v) is 18.7. The lowest BCUT2D eigenvalue weighted by molar-refractivity contribution is -0.889. The van der Waals surface area contributed by atoms with Crippen LogP contribution in [0, 0.1) is 0 Å². The molecule has 276 valence electrons. The van der Waals surface area contributed by atoms with Gasteiger partial charge in [0.2, 0.25) is 0 Å². The molecule has 2 atom stereocenters. The number of hydrogen-bond donors (Lipinski definition) is 0. The summed E-state index contributed by atoms with van der Waals surface area (Å²) in [6, 6.07) is -0.730. The summed E-state index contributed by atoms with van der Waals surface area (Å²) in [5.74, 6) is -1.80. The zero-order valence-corrected chi connectivity index (χ0v) is 31.1. The highest BCUT2D eigenvalue weighted by Gasteiger charge is 2.25. The Labute approximate surface area is 293 Å². The van der Waals surface area contributed by atoms with E-state index >= 15 is 0 Å². The SMILES string of the molecule is CC/C=C/C=C/C=C/CCCCCCCCCC(=O)OCC(COCCC(C(=O)[O-])[N+](C)(C)C)OC(=O)CCC/C=C/CCCCCC. The third-order valence-electron chi connectivity index (χ3n) is 8.01. The molecule has 0 rings (SSSR count). The fourth-order valence-electron chi connectivity index (χ4n) is 5.07. The first-order valence-electron chi connectivity index (χ1n) is 18.7. The van der Waals surface area contributed by atoms with Crippen molar-refractivity contribution >= 4 is 17.9 Å². The standard InChI is InChI=1S/C40H69NO7/c1-6-8-10-12-14-16-17-18-19-20-21-23-24-26-28-30-38(42)47-35-36(34-46-33-32-37(40(44)45)41(3,4)5)48-39(43)31-29-27-25-22-15-13-11-9-7-2/h8,10,12,14,16-17,22,25,36-37H,6-7,9,11,13,15,18-21,23-24,26-35H2,1-5H3/b10-8+,14-12+,17-16+,25-22+. The fraction of sp³-hybridized carbons (Fsp3) is 0.725. The van der Waals surface area contributed by atoms with Gasteiger partial charge in [-0.25, -0.2) is 0 Å². The van der Waals surface area contributed by atoms with Gasteiger partial charge in [0.25, 0.3) is 0 Å². The number of esters is 2. The molecule has 0 aromatic carbocycles. The van der Waals surface area contributed by atoms with E-state index in [2.05, 4.69) is 62.5 Å². The van der Waals surface area contributed by atoms with Crippen molar-refractivity contribution < 1.29 is 38.2 Å². The van der Waals surface area contributed by atoms with Crippen LogP contribution in [-0.4, -0.2) is 75.5 Å². The number of carboxylic acids is 1. The van der Waals surface area contributed by atoms with E-state index in [9.17, 15) is 19.5 Å². The van der Waals surface area contributed by atoms with Gasteiger partial charge in [-0.3, -0.25) is 9.59 Å². The first kappa shape index (κ1) is 45.3. The van der Waals surface area contributed by atoms with Crippen molar-refractivity contribution in [3.63, 3.8) is 0 Å². The average Bonchev–Trinajstić information content (AvgIpc) is 3.03. The van der Waals surface area contributed by atoms with Crippen molar-refractivity contribution in [2.75, 3.05) is 41.0 Å². The van der Waals surface area contributed by atoms with Crippen molar-refractivity contribution in [2.45, 2.75) is 148 Å². The Morgan fingerprint density at radius 1 is 0.646 bits per heavy atom. The Balaban J connectivity index is 4.44. The van der Waals surface area contributed by atoms with Crippen molar-refractivity contribution in [3.05, 3.63) is 48.6 Å². The van der Waals surface area contributed by atoms with Gasteiger partial charge in [0.15, 0.2) is 6.10 Å². The number of likely N-dealkylation sites (N-methyl/N-ethyl adjacent to an activating group) is 1. The maximum Gasteiger partial charge on any atom is 0.306 e. The number of carbonyl (C=O) groups is 3. The molecule has 8 nitrogen and oxygen atoms in total. The molecule has 0 heterocycles. The number of hydrogen-bond acceptors (Lipinski definition) is 7. The van der Waals surface area contributed by atoms with Gasteiger partial charge in [0.05, 0.1) is 40.3 Å². The molecule has 0 N–H and O–H groups in total. The largest absolute Gasteiger partial charge is 0.544 e. The summed E-state index contributed by atoms with van der Waals surface area (Å²) in [7, 11) is 5.37. The number of allylic oxidation sites excluding steroid dienone is 8. The number of ether oxygens (including phenoxy) is 3. The van der Waals surface area contributed by atoms with Crippen molar-refractivity contribution in [1.82, 2.24) is 0 Å². The minimum atomic E-state index is -1.13. The van der Waals surface area contributed by atoms with Gasteiger partial charge in [0.1, 0.15) is 12.6 Å². The van der Waals surface area contributed by atoms with Crippen LogP contribution in [0.4, 0.5) is 0 Å². The highest BCUT2D eigenvalue weighted by Crippen LogP contribution is 2.12. The van der Waals surface area contributed by atoms with E-state index in [1.54, 1.807) is 21.1 Å². The predicted molar refractivity (Wildman–Crippen MR) is 194 cm³/mol. The second-order valence-corrected chi connectivity index (χ2v) is 13.5. The second-order valence-electron chi connectivity index (χ2n) is 13.5. The molecule has 0 aliphatic carbocycles. The number of aliphatic carboxylic acids is 1. The van der Waals surface area contributed by atoms with Crippen LogP contribution in [0.2, 0.25) is 0 Å². The summed E-state index contributed by atoms with van der Waals surface area (Å²) in [6.45, 7) is 4.42. The second kappa shape index (κ2) is 31.6. The molecule has 0 aliphatic heterocycles. The number of carboxylic acid groups (broad SMARTS) is 1. The normalized spacial score (nSPS) is 13.6. The summed E-state index contributed by atoms with van der Waals surface area (Å²) in [5.41, 5.74) is 0. The zero-order valence-electron chi connectivity index (χ0n) is 31.1. The van der Waals surface area contributed by atoms with Crippen LogP contribution in [0.1, 0.15) is 136 Å². The smallest absolute Gasteiger partial charge is 0.306 e. The molecular formula is C40H69NO7. The highest BCUT2D eigenvalue weighted by molar-refractivity contribution is 5.70. The van der Waals surface area contributed by atoms with E-state index in [4.69, 9.17) is 14.2 Å². The maximum atomic E-state index is 12.6. The number of nitrogens with zero attached hydrogens (tertiary/aromatic N) is 1. The lowest BCUT2D eigenvalue weighted by Gasteiger charge is -2.34. The molecule has 48 heavy (non-hydrogen) atoms. The van der Waals surface area contributed by atoms with Gasteiger partial charge < -0.3 is 28.6 Å². The van der Waals surface area contributed by atoms with Gasteiger partial charge in [0, 0.05) is 19.3 Å². The Kier molecular flexibility index (Phi) is 29.8. The van der Waals surface area contributed by atoms with Crippen LogP contribution in [-0.2, 0) is 28.6 Å². The van der Waals surface area contributed by atoms with Crippen LogP contribution in [0.5, 0.6) is 0 Å². The van der Waals surface area contributed by atoms with Crippen LogP contribution in [0.3, 0.4) is 0 Å². The third-order valence-corrected chi connectivity index (χ3v) is 8.01. The number of carbonyl (C=O) groups excluding carboxylic acids is 3. The Bertz CT molecular complexity index is 932. The molecule has 0 aliphatic rings. The predicted octanol–water partition coefficient (Wildman–Crippen LogP) is 7.96. The topological polar surface area (TPSA) is 102 Å². The minimum Gasteiger partial charge on any atom is -0.544 e. The minimum absolute atomic E-state index is 0.0242.